The van der Waals surface area contributed by atoms with Gasteiger partial charge in [-0.05, 0) is 6.07 Å². The molecule has 0 saturated carbocycles. The van der Waals surface area contributed by atoms with Crippen LogP contribution in [0.3, 0.4) is 0 Å². The molecule has 2 aromatic rings. The Balaban J connectivity index is 2.53. The number of rotatable bonds is 5. The van der Waals surface area contributed by atoms with E-state index in [-0.39, 0.29) is 6.04 Å². The number of ether oxygens (including phenoxy) is 2. The highest BCUT2D eigenvalue weighted by Gasteiger charge is 2.24. The summed E-state index contributed by atoms with van der Waals surface area (Å²) >= 11 is 0. The van der Waals surface area contributed by atoms with Gasteiger partial charge in [0.05, 0.1) is 32.7 Å². The van der Waals surface area contributed by atoms with E-state index >= 15 is 0 Å². The van der Waals surface area contributed by atoms with Crippen molar-refractivity contribution >= 4 is 0 Å². The summed E-state index contributed by atoms with van der Waals surface area (Å²) in [7, 11) is 5.02. The minimum Gasteiger partial charge on any atom is -0.495 e. The molecule has 0 fully saturated rings. The summed E-state index contributed by atoms with van der Waals surface area (Å²) in [5, 5.41) is 4.18. The molecule has 0 radical (unpaired) electrons. The Kier molecular flexibility index (Phi) is 3.98. The second-order valence-corrected chi connectivity index (χ2v) is 3.94. The fraction of sp³-hybridized carbons (Fsp3) is 0.333. The lowest BCUT2D eigenvalue weighted by molar-refractivity contribution is 0.389. The zero-order valence-electron chi connectivity index (χ0n) is 11.1. The maximum Gasteiger partial charge on any atom is 0.161 e. The van der Waals surface area contributed by atoms with Crippen LogP contribution in [0, 0.1) is 0 Å². The fourth-order valence-electron chi connectivity index (χ4n) is 2.03. The van der Waals surface area contributed by atoms with Gasteiger partial charge in [0.15, 0.2) is 5.75 Å². The highest BCUT2D eigenvalue weighted by atomic mass is 16.5. The third-order valence-corrected chi connectivity index (χ3v) is 2.96. The molecule has 0 aromatic carbocycles. The predicted octanol–water partition coefficient (Wildman–Crippen LogP) is 0.385. The van der Waals surface area contributed by atoms with Gasteiger partial charge in [-0.1, -0.05) is 0 Å². The van der Waals surface area contributed by atoms with E-state index in [1.54, 1.807) is 37.5 Å². The van der Waals surface area contributed by atoms with Crippen molar-refractivity contribution in [2.75, 3.05) is 14.2 Å². The number of nitrogens with one attached hydrogen (secondary N) is 1. The molecule has 0 saturated heterocycles. The Labute approximate surface area is 111 Å². The van der Waals surface area contributed by atoms with Crippen molar-refractivity contribution in [1.82, 2.24) is 20.2 Å². The van der Waals surface area contributed by atoms with Gasteiger partial charge < -0.3 is 9.47 Å². The number of aryl methyl sites for hydroxylation is 1. The van der Waals surface area contributed by atoms with Crippen molar-refractivity contribution < 1.29 is 9.47 Å². The zero-order chi connectivity index (χ0) is 13.8. The van der Waals surface area contributed by atoms with Crippen LogP contribution >= 0.6 is 0 Å². The van der Waals surface area contributed by atoms with E-state index in [0.717, 1.165) is 11.3 Å². The molecule has 0 aliphatic carbocycles. The lowest BCUT2D eigenvalue weighted by Crippen LogP contribution is -2.31. The maximum absolute atomic E-state index is 5.69. The van der Waals surface area contributed by atoms with Gasteiger partial charge in [-0.2, -0.15) is 5.10 Å². The first-order chi connectivity index (χ1) is 9.22. The third kappa shape index (κ3) is 2.38. The average molecular weight is 263 g/mol. The maximum atomic E-state index is 5.69. The van der Waals surface area contributed by atoms with Gasteiger partial charge in [-0.25, -0.2) is 5.43 Å². The Hall–Kier alpha value is -2.12. The lowest BCUT2D eigenvalue weighted by atomic mass is 10.0. The molecule has 0 aliphatic heterocycles. The fourth-order valence-corrected chi connectivity index (χ4v) is 2.03. The van der Waals surface area contributed by atoms with Crippen LogP contribution in [-0.2, 0) is 7.05 Å². The van der Waals surface area contributed by atoms with Crippen molar-refractivity contribution in [3.05, 3.63) is 35.9 Å². The van der Waals surface area contributed by atoms with Crippen molar-refractivity contribution in [3.63, 3.8) is 0 Å². The molecule has 0 aliphatic rings. The normalized spacial score (nSPS) is 12.2. The number of methoxy groups -OCH3 is 2. The summed E-state index contributed by atoms with van der Waals surface area (Å²) in [6.45, 7) is 0. The van der Waals surface area contributed by atoms with Crippen molar-refractivity contribution in [3.8, 4) is 11.5 Å². The first-order valence-electron chi connectivity index (χ1n) is 5.72. The summed E-state index contributed by atoms with van der Waals surface area (Å²) < 4.78 is 12.3. The number of hydrogen-bond donors (Lipinski definition) is 2. The van der Waals surface area contributed by atoms with Crippen LogP contribution in [0.2, 0.25) is 0 Å². The second-order valence-electron chi connectivity index (χ2n) is 3.94. The Morgan fingerprint density at radius 2 is 2.00 bits per heavy atom. The minimum absolute atomic E-state index is 0.305. The quantitative estimate of drug-likeness (QED) is 0.599. The van der Waals surface area contributed by atoms with E-state index in [2.05, 4.69) is 15.5 Å². The summed E-state index contributed by atoms with van der Waals surface area (Å²) in [5.41, 5.74) is 4.44. The van der Waals surface area contributed by atoms with Crippen LogP contribution < -0.4 is 20.7 Å². The third-order valence-electron chi connectivity index (χ3n) is 2.96. The molecule has 2 rings (SSSR count). The standard InChI is InChI=1S/C12H17N5O2/c1-17-12(10(19-3)7-15-17)11(16-13)8-4-5-14-6-9(8)18-2/h4-7,11,16H,13H2,1-3H3. The smallest absolute Gasteiger partial charge is 0.161 e. The number of hydrogen-bond acceptors (Lipinski definition) is 6. The SMILES string of the molecule is COc1cnccc1C(NN)c1c(OC)cnn1C. The van der Waals surface area contributed by atoms with Gasteiger partial charge in [-0.3, -0.25) is 15.5 Å². The summed E-state index contributed by atoms with van der Waals surface area (Å²) in [5.74, 6) is 6.99. The number of aromatic nitrogens is 3. The van der Waals surface area contributed by atoms with E-state index in [1.165, 1.54) is 0 Å². The summed E-state index contributed by atoms with van der Waals surface area (Å²) in [4.78, 5) is 4.03. The van der Waals surface area contributed by atoms with Crippen LogP contribution in [0.15, 0.2) is 24.7 Å². The molecule has 2 aromatic heterocycles. The average Bonchev–Trinajstić information content (AvgIpc) is 2.82. The van der Waals surface area contributed by atoms with Gasteiger partial charge in [0.2, 0.25) is 0 Å². The number of nitrogens with two attached hydrogens (primary N) is 1. The van der Waals surface area contributed by atoms with E-state index in [1.807, 2.05) is 13.1 Å². The topological polar surface area (TPSA) is 87.2 Å². The molecule has 1 atom stereocenters. The highest BCUT2D eigenvalue weighted by molar-refractivity contribution is 5.41. The van der Waals surface area contributed by atoms with Crippen LogP contribution in [0.4, 0.5) is 0 Å². The monoisotopic (exact) mass is 263 g/mol. The summed E-state index contributed by atoms with van der Waals surface area (Å²) in [6.07, 6.45) is 4.97. The predicted molar refractivity (Wildman–Crippen MR) is 69.7 cm³/mol. The van der Waals surface area contributed by atoms with Gasteiger partial charge in [-0.15, -0.1) is 0 Å². The minimum atomic E-state index is -0.305. The van der Waals surface area contributed by atoms with Crippen LogP contribution in [-0.4, -0.2) is 29.0 Å². The molecule has 19 heavy (non-hydrogen) atoms. The molecule has 102 valence electrons. The lowest BCUT2D eigenvalue weighted by Gasteiger charge is -2.20. The van der Waals surface area contributed by atoms with Gasteiger partial charge in [0, 0.05) is 18.8 Å². The molecule has 7 nitrogen and oxygen atoms in total. The number of hydrazine groups is 1. The van der Waals surface area contributed by atoms with E-state index in [9.17, 15) is 0 Å². The molecule has 0 spiro atoms. The summed E-state index contributed by atoms with van der Waals surface area (Å²) in [6, 6.07) is 1.54. The van der Waals surface area contributed by atoms with E-state index < -0.39 is 0 Å². The Morgan fingerprint density at radius 3 is 2.63 bits per heavy atom. The molecular weight excluding hydrogens is 246 g/mol. The molecule has 3 N–H and O–H groups in total. The Bertz CT molecular complexity index is 555. The van der Waals surface area contributed by atoms with E-state index in [4.69, 9.17) is 15.3 Å². The van der Waals surface area contributed by atoms with Gasteiger partial charge in [0.1, 0.15) is 11.4 Å². The van der Waals surface area contributed by atoms with Gasteiger partial charge >= 0.3 is 0 Å². The highest BCUT2D eigenvalue weighted by Crippen LogP contribution is 2.33. The number of pyridine rings is 1. The van der Waals surface area contributed by atoms with Crippen molar-refractivity contribution in [2.24, 2.45) is 12.9 Å². The Morgan fingerprint density at radius 1 is 1.26 bits per heavy atom. The number of nitrogens with zero attached hydrogens (tertiary/aromatic N) is 3. The van der Waals surface area contributed by atoms with Gasteiger partial charge in [0.25, 0.3) is 0 Å². The molecule has 2 heterocycles. The molecule has 0 bridgehead atoms. The molecule has 1 unspecified atom stereocenters. The first-order valence-corrected chi connectivity index (χ1v) is 5.72. The van der Waals surface area contributed by atoms with Crippen LogP contribution in [0.25, 0.3) is 0 Å². The van der Waals surface area contributed by atoms with Crippen molar-refractivity contribution in [2.45, 2.75) is 6.04 Å². The van der Waals surface area contributed by atoms with Crippen LogP contribution in [0.1, 0.15) is 17.3 Å². The molecular formula is C12H17N5O2. The zero-order valence-corrected chi connectivity index (χ0v) is 11.1. The van der Waals surface area contributed by atoms with Crippen LogP contribution in [0.5, 0.6) is 11.5 Å². The van der Waals surface area contributed by atoms with E-state index in [0.29, 0.717) is 11.5 Å². The second kappa shape index (κ2) is 5.68. The first kappa shape index (κ1) is 13.3. The molecule has 7 heteroatoms. The van der Waals surface area contributed by atoms with Crippen molar-refractivity contribution in [1.29, 1.82) is 0 Å². The molecule has 0 amide bonds. The largest absolute Gasteiger partial charge is 0.495 e.